The van der Waals surface area contributed by atoms with E-state index in [0.29, 0.717) is 11.3 Å². The van der Waals surface area contributed by atoms with Crippen molar-refractivity contribution in [2.24, 2.45) is 0 Å². The number of rotatable bonds is 4. The molecule has 0 aliphatic carbocycles. The molecule has 4 heteroatoms. The summed E-state index contributed by atoms with van der Waals surface area (Å²) in [5.74, 6) is 0.122. The van der Waals surface area contributed by atoms with Gasteiger partial charge in [-0.25, -0.2) is 4.39 Å². The van der Waals surface area contributed by atoms with Gasteiger partial charge in [-0.3, -0.25) is 4.79 Å². The van der Waals surface area contributed by atoms with Gasteiger partial charge >= 0.3 is 0 Å². The van der Waals surface area contributed by atoms with Crippen molar-refractivity contribution in [1.82, 2.24) is 0 Å². The Kier molecular flexibility index (Phi) is 4.52. The summed E-state index contributed by atoms with van der Waals surface area (Å²) >= 11 is 2.18. The summed E-state index contributed by atoms with van der Waals surface area (Å²) in [7, 11) is 0. The van der Waals surface area contributed by atoms with Gasteiger partial charge in [-0.1, -0.05) is 6.07 Å². The second-order valence-electron chi connectivity index (χ2n) is 4.09. The number of ketones is 1. The molecule has 0 fully saturated rings. The van der Waals surface area contributed by atoms with Crippen molar-refractivity contribution in [2.45, 2.75) is 13.0 Å². The van der Waals surface area contributed by atoms with Crippen molar-refractivity contribution < 1.29 is 13.9 Å². The van der Waals surface area contributed by atoms with Crippen LogP contribution in [0, 0.1) is 9.39 Å². The molecule has 2 nitrogen and oxygen atoms in total. The summed E-state index contributed by atoms with van der Waals surface area (Å²) < 4.78 is 19.4. The number of carbonyl (C=O) groups excluding carboxylic acids is 1. The van der Waals surface area contributed by atoms with E-state index in [-0.39, 0.29) is 11.6 Å². The highest BCUT2D eigenvalue weighted by atomic mass is 127. The van der Waals surface area contributed by atoms with Crippen molar-refractivity contribution in [3.05, 3.63) is 63.5 Å². The third-order valence-corrected chi connectivity index (χ3v) is 3.28. The van der Waals surface area contributed by atoms with Gasteiger partial charge in [0.2, 0.25) is 5.78 Å². The first kappa shape index (κ1) is 14.0. The summed E-state index contributed by atoms with van der Waals surface area (Å²) in [4.78, 5) is 12.1. The fraction of sp³-hybridized carbons (Fsp3) is 0.133. The molecule has 0 aromatic heterocycles. The monoisotopic (exact) mass is 370 g/mol. The number of carbonyl (C=O) groups is 1. The van der Waals surface area contributed by atoms with Crippen LogP contribution in [0.25, 0.3) is 0 Å². The minimum absolute atomic E-state index is 0.168. The molecular formula is C15H12FIO2. The highest BCUT2D eigenvalue weighted by Gasteiger charge is 2.16. The van der Waals surface area contributed by atoms with Crippen LogP contribution < -0.4 is 4.74 Å². The van der Waals surface area contributed by atoms with Gasteiger partial charge in [0.1, 0.15) is 11.6 Å². The summed E-state index contributed by atoms with van der Waals surface area (Å²) in [5, 5.41) is 0. The average Bonchev–Trinajstić information content (AvgIpc) is 2.39. The molecule has 0 saturated carbocycles. The molecular weight excluding hydrogens is 358 g/mol. The zero-order chi connectivity index (χ0) is 13.8. The molecule has 0 spiro atoms. The normalized spacial score (nSPS) is 11.9. The molecule has 0 aliphatic heterocycles. The van der Waals surface area contributed by atoms with Crippen LogP contribution in [-0.2, 0) is 0 Å². The van der Waals surface area contributed by atoms with E-state index in [1.807, 2.05) is 18.2 Å². The van der Waals surface area contributed by atoms with Crippen LogP contribution in [0.3, 0.4) is 0 Å². The SMILES string of the molecule is CC(Oc1cccc(I)c1)C(=O)c1ccc(F)cc1. The molecule has 0 saturated heterocycles. The molecule has 1 unspecified atom stereocenters. The van der Waals surface area contributed by atoms with Crippen LogP contribution in [-0.4, -0.2) is 11.9 Å². The Morgan fingerprint density at radius 2 is 1.89 bits per heavy atom. The first-order valence-electron chi connectivity index (χ1n) is 5.78. The second-order valence-corrected chi connectivity index (χ2v) is 5.33. The molecule has 0 amide bonds. The van der Waals surface area contributed by atoms with E-state index in [9.17, 15) is 9.18 Å². The van der Waals surface area contributed by atoms with Crippen LogP contribution in [0.1, 0.15) is 17.3 Å². The lowest BCUT2D eigenvalue weighted by atomic mass is 10.1. The van der Waals surface area contributed by atoms with Gasteiger partial charge < -0.3 is 4.74 Å². The molecule has 0 bridgehead atoms. The van der Waals surface area contributed by atoms with Crippen molar-refractivity contribution in [1.29, 1.82) is 0 Å². The van der Waals surface area contributed by atoms with Gasteiger partial charge in [-0.2, -0.15) is 0 Å². The third kappa shape index (κ3) is 3.76. The maximum absolute atomic E-state index is 12.8. The lowest BCUT2D eigenvalue weighted by Gasteiger charge is -2.13. The zero-order valence-corrected chi connectivity index (χ0v) is 12.4. The fourth-order valence-electron chi connectivity index (χ4n) is 1.65. The first-order chi connectivity index (χ1) is 9.06. The Labute approximate surface area is 124 Å². The van der Waals surface area contributed by atoms with Gasteiger partial charge in [0, 0.05) is 9.13 Å². The van der Waals surface area contributed by atoms with Gasteiger partial charge in [0.15, 0.2) is 6.10 Å². The smallest absolute Gasteiger partial charge is 0.202 e. The number of halogens is 2. The Morgan fingerprint density at radius 3 is 2.53 bits per heavy atom. The van der Waals surface area contributed by atoms with Gasteiger partial charge in [0.05, 0.1) is 0 Å². The Hall–Kier alpha value is -1.43. The van der Waals surface area contributed by atoms with E-state index in [1.54, 1.807) is 13.0 Å². The molecule has 2 aromatic carbocycles. The standard InChI is InChI=1S/C15H12FIO2/c1-10(19-14-4-2-3-13(17)9-14)15(18)11-5-7-12(16)8-6-11/h2-10H,1H3. The summed E-state index contributed by atoms with van der Waals surface area (Å²) in [6.45, 7) is 1.69. The fourth-order valence-corrected chi connectivity index (χ4v) is 2.16. The van der Waals surface area contributed by atoms with E-state index in [1.165, 1.54) is 24.3 Å². The topological polar surface area (TPSA) is 26.3 Å². The summed E-state index contributed by atoms with van der Waals surface area (Å²) in [6, 6.07) is 12.9. The number of benzene rings is 2. The Bertz CT molecular complexity index is 581. The van der Waals surface area contributed by atoms with Crippen LogP contribution >= 0.6 is 22.6 Å². The number of hydrogen-bond acceptors (Lipinski definition) is 2. The van der Waals surface area contributed by atoms with Gasteiger partial charge in [0.25, 0.3) is 0 Å². The minimum atomic E-state index is -0.608. The molecule has 0 radical (unpaired) electrons. The number of hydrogen-bond donors (Lipinski definition) is 0. The average molecular weight is 370 g/mol. The van der Waals surface area contributed by atoms with Crippen molar-refractivity contribution in [3.8, 4) is 5.75 Å². The molecule has 1 atom stereocenters. The lowest BCUT2D eigenvalue weighted by Crippen LogP contribution is -2.23. The van der Waals surface area contributed by atoms with Crippen molar-refractivity contribution >= 4 is 28.4 Å². The quantitative estimate of drug-likeness (QED) is 0.599. The van der Waals surface area contributed by atoms with E-state index in [0.717, 1.165) is 3.57 Å². The molecule has 2 rings (SSSR count). The maximum Gasteiger partial charge on any atom is 0.202 e. The number of ether oxygens (including phenoxy) is 1. The van der Waals surface area contributed by atoms with Crippen LogP contribution in [0.4, 0.5) is 4.39 Å². The highest BCUT2D eigenvalue weighted by molar-refractivity contribution is 14.1. The van der Waals surface area contributed by atoms with Crippen molar-refractivity contribution in [2.75, 3.05) is 0 Å². The molecule has 0 N–H and O–H groups in total. The molecule has 2 aromatic rings. The Balaban J connectivity index is 2.09. The Morgan fingerprint density at radius 1 is 1.21 bits per heavy atom. The summed E-state index contributed by atoms with van der Waals surface area (Å²) in [6.07, 6.45) is -0.608. The van der Waals surface area contributed by atoms with E-state index in [2.05, 4.69) is 22.6 Å². The van der Waals surface area contributed by atoms with Gasteiger partial charge in [-0.05, 0) is 72.0 Å². The second kappa shape index (κ2) is 6.14. The maximum atomic E-state index is 12.8. The van der Waals surface area contributed by atoms with Crippen LogP contribution in [0.5, 0.6) is 5.75 Å². The van der Waals surface area contributed by atoms with E-state index >= 15 is 0 Å². The highest BCUT2D eigenvalue weighted by Crippen LogP contribution is 2.17. The molecule has 0 heterocycles. The lowest BCUT2D eigenvalue weighted by molar-refractivity contribution is 0.0818. The zero-order valence-electron chi connectivity index (χ0n) is 10.3. The summed E-state index contributed by atoms with van der Waals surface area (Å²) in [5.41, 5.74) is 0.444. The minimum Gasteiger partial charge on any atom is -0.483 e. The molecule has 0 aliphatic rings. The molecule has 19 heavy (non-hydrogen) atoms. The molecule has 98 valence electrons. The predicted octanol–water partition coefficient (Wildman–Crippen LogP) is 4.08. The van der Waals surface area contributed by atoms with E-state index < -0.39 is 6.10 Å². The van der Waals surface area contributed by atoms with Crippen LogP contribution in [0.2, 0.25) is 0 Å². The number of Topliss-reactive ketones (excluding diaryl/α,β-unsaturated/α-hetero) is 1. The van der Waals surface area contributed by atoms with E-state index in [4.69, 9.17) is 4.74 Å². The third-order valence-electron chi connectivity index (χ3n) is 2.61. The largest absolute Gasteiger partial charge is 0.483 e. The van der Waals surface area contributed by atoms with Crippen LogP contribution in [0.15, 0.2) is 48.5 Å². The van der Waals surface area contributed by atoms with Crippen molar-refractivity contribution in [3.63, 3.8) is 0 Å². The predicted molar refractivity (Wildman–Crippen MR) is 80.0 cm³/mol. The first-order valence-corrected chi connectivity index (χ1v) is 6.86. The van der Waals surface area contributed by atoms with Gasteiger partial charge in [-0.15, -0.1) is 0 Å².